The van der Waals surface area contributed by atoms with Crippen molar-refractivity contribution in [3.05, 3.63) is 28.7 Å². The zero-order valence-electron chi connectivity index (χ0n) is 13.8. The smallest absolute Gasteiger partial charge is 0.141 e. The minimum Gasteiger partial charge on any atom is -0.491 e. The minimum absolute atomic E-state index is 0.300. The molecule has 1 heterocycles. The Balaban J connectivity index is 1.81. The molecule has 0 spiro atoms. The van der Waals surface area contributed by atoms with Crippen molar-refractivity contribution in [1.29, 1.82) is 0 Å². The van der Waals surface area contributed by atoms with Crippen LogP contribution in [0.3, 0.4) is 0 Å². The molecule has 1 fully saturated rings. The molecule has 0 bridgehead atoms. The quantitative estimate of drug-likeness (QED) is 0.724. The first-order valence-electron chi connectivity index (χ1n) is 7.97. The molecule has 1 aliphatic heterocycles. The molecule has 1 atom stereocenters. The highest BCUT2D eigenvalue weighted by molar-refractivity contribution is 9.10. The molecule has 0 aromatic heterocycles. The maximum atomic E-state index is 12.5. The Bertz CT molecular complexity index is 516. The SMILES string of the molecule is CN1CC[C@@H](CCC(=O)C(C)(C)COc2ccccc2Br)C1. The van der Waals surface area contributed by atoms with Gasteiger partial charge in [-0.25, -0.2) is 0 Å². The molecule has 0 radical (unpaired) electrons. The number of nitrogens with zero attached hydrogens (tertiary/aromatic N) is 1. The van der Waals surface area contributed by atoms with E-state index in [9.17, 15) is 4.79 Å². The number of ether oxygens (including phenoxy) is 1. The zero-order chi connectivity index (χ0) is 16.2. The molecule has 3 nitrogen and oxygen atoms in total. The van der Waals surface area contributed by atoms with Gasteiger partial charge < -0.3 is 9.64 Å². The maximum Gasteiger partial charge on any atom is 0.141 e. The summed E-state index contributed by atoms with van der Waals surface area (Å²) in [6.07, 6.45) is 2.88. The van der Waals surface area contributed by atoms with Gasteiger partial charge in [0.25, 0.3) is 0 Å². The highest BCUT2D eigenvalue weighted by Gasteiger charge is 2.30. The molecule has 22 heavy (non-hydrogen) atoms. The summed E-state index contributed by atoms with van der Waals surface area (Å²) in [5.74, 6) is 1.77. The molecule has 1 aromatic rings. The van der Waals surface area contributed by atoms with Gasteiger partial charge in [0, 0.05) is 13.0 Å². The molecule has 0 aliphatic carbocycles. The van der Waals surface area contributed by atoms with Crippen LogP contribution in [-0.4, -0.2) is 37.4 Å². The number of benzene rings is 1. The van der Waals surface area contributed by atoms with Crippen LogP contribution in [0.15, 0.2) is 28.7 Å². The van der Waals surface area contributed by atoms with Crippen LogP contribution in [-0.2, 0) is 4.79 Å². The molecule has 0 amide bonds. The largest absolute Gasteiger partial charge is 0.491 e. The van der Waals surface area contributed by atoms with E-state index in [1.807, 2.05) is 38.1 Å². The predicted octanol–water partition coefficient (Wildman–Crippen LogP) is 4.16. The van der Waals surface area contributed by atoms with Crippen LogP contribution >= 0.6 is 15.9 Å². The Labute approximate surface area is 142 Å². The third-order valence-electron chi connectivity index (χ3n) is 4.45. The number of hydrogen-bond donors (Lipinski definition) is 0. The second kappa shape index (κ2) is 7.60. The lowest BCUT2D eigenvalue weighted by atomic mass is 9.85. The summed E-state index contributed by atoms with van der Waals surface area (Å²) in [5, 5.41) is 0. The number of ketones is 1. The lowest BCUT2D eigenvalue weighted by Gasteiger charge is -2.24. The fourth-order valence-electron chi connectivity index (χ4n) is 2.84. The number of likely N-dealkylation sites (tertiary alicyclic amines) is 1. The molecule has 0 unspecified atom stereocenters. The van der Waals surface area contributed by atoms with E-state index in [1.165, 1.54) is 6.42 Å². The monoisotopic (exact) mass is 367 g/mol. The normalized spacial score (nSPS) is 19.4. The average molecular weight is 368 g/mol. The highest BCUT2D eigenvalue weighted by Crippen LogP contribution is 2.28. The Morgan fingerprint density at radius 1 is 1.41 bits per heavy atom. The first kappa shape index (κ1) is 17.5. The molecular formula is C18H26BrNO2. The standard InChI is InChI=1S/C18H26BrNO2/c1-18(2,13-22-16-7-5-4-6-15(16)19)17(21)9-8-14-10-11-20(3)12-14/h4-7,14H,8-13H2,1-3H3/t14-/m1/s1. The van der Waals surface area contributed by atoms with Gasteiger partial charge in [0.2, 0.25) is 0 Å². The first-order valence-corrected chi connectivity index (χ1v) is 8.77. The molecule has 1 saturated heterocycles. The van der Waals surface area contributed by atoms with Gasteiger partial charge in [-0.1, -0.05) is 12.1 Å². The molecular weight excluding hydrogens is 342 g/mol. The van der Waals surface area contributed by atoms with Gasteiger partial charge in [0.1, 0.15) is 18.1 Å². The van der Waals surface area contributed by atoms with E-state index in [0.717, 1.165) is 29.7 Å². The number of halogens is 1. The lowest BCUT2D eigenvalue weighted by molar-refractivity contribution is -0.128. The Kier molecular flexibility index (Phi) is 6.04. The van der Waals surface area contributed by atoms with Gasteiger partial charge in [0.05, 0.1) is 9.89 Å². The topological polar surface area (TPSA) is 29.5 Å². The fourth-order valence-corrected chi connectivity index (χ4v) is 3.24. The van der Waals surface area contributed by atoms with E-state index in [1.54, 1.807) is 0 Å². The van der Waals surface area contributed by atoms with Crippen molar-refractivity contribution in [2.24, 2.45) is 11.3 Å². The van der Waals surface area contributed by atoms with Gasteiger partial charge >= 0.3 is 0 Å². The second-order valence-corrected chi connectivity index (χ2v) is 7.84. The van der Waals surface area contributed by atoms with E-state index in [4.69, 9.17) is 4.74 Å². The number of carbonyl (C=O) groups is 1. The van der Waals surface area contributed by atoms with E-state index < -0.39 is 5.41 Å². The summed E-state index contributed by atoms with van der Waals surface area (Å²) in [7, 11) is 2.15. The second-order valence-electron chi connectivity index (χ2n) is 6.98. The fraction of sp³-hybridized carbons (Fsp3) is 0.611. The minimum atomic E-state index is -0.445. The van der Waals surface area contributed by atoms with Crippen LogP contribution in [0.4, 0.5) is 0 Å². The van der Waals surface area contributed by atoms with Crippen molar-refractivity contribution < 1.29 is 9.53 Å². The molecule has 4 heteroatoms. The van der Waals surface area contributed by atoms with Crippen LogP contribution in [0, 0.1) is 11.3 Å². The van der Waals surface area contributed by atoms with Crippen molar-refractivity contribution >= 4 is 21.7 Å². The maximum absolute atomic E-state index is 12.5. The van der Waals surface area contributed by atoms with Gasteiger partial charge in [-0.05, 0) is 74.3 Å². The number of Topliss-reactive ketones (excluding diaryl/α,β-unsaturated/α-hetero) is 1. The lowest BCUT2D eigenvalue weighted by Crippen LogP contribution is -2.31. The summed E-state index contributed by atoms with van der Waals surface area (Å²) in [5.41, 5.74) is -0.445. The van der Waals surface area contributed by atoms with Crippen molar-refractivity contribution in [2.75, 3.05) is 26.7 Å². The highest BCUT2D eigenvalue weighted by atomic mass is 79.9. The number of rotatable bonds is 7. The van der Waals surface area contributed by atoms with Crippen molar-refractivity contribution in [3.63, 3.8) is 0 Å². The molecule has 0 N–H and O–H groups in total. The summed E-state index contributed by atoms with van der Waals surface area (Å²) < 4.78 is 6.76. The summed E-state index contributed by atoms with van der Waals surface area (Å²) in [6, 6.07) is 7.75. The van der Waals surface area contributed by atoms with Crippen molar-refractivity contribution in [3.8, 4) is 5.75 Å². The Morgan fingerprint density at radius 2 is 2.14 bits per heavy atom. The Morgan fingerprint density at radius 3 is 2.77 bits per heavy atom. The zero-order valence-corrected chi connectivity index (χ0v) is 15.4. The molecule has 1 aliphatic rings. The third kappa shape index (κ3) is 4.82. The van der Waals surface area contributed by atoms with Crippen LogP contribution in [0.25, 0.3) is 0 Å². The number of hydrogen-bond acceptors (Lipinski definition) is 3. The van der Waals surface area contributed by atoms with Crippen molar-refractivity contribution in [2.45, 2.75) is 33.1 Å². The van der Waals surface area contributed by atoms with Crippen LogP contribution in [0.2, 0.25) is 0 Å². The Hall–Kier alpha value is -0.870. The third-order valence-corrected chi connectivity index (χ3v) is 5.10. The van der Waals surface area contributed by atoms with Gasteiger partial charge in [-0.15, -0.1) is 0 Å². The van der Waals surface area contributed by atoms with Crippen LogP contribution in [0.1, 0.15) is 33.1 Å². The summed E-state index contributed by atoms with van der Waals surface area (Å²) >= 11 is 3.47. The van der Waals surface area contributed by atoms with E-state index in [2.05, 4.69) is 27.9 Å². The van der Waals surface area contributed by atoms with E-state index >= 15 is 0 Å². The van der Waals surface area contributed by atoms with Crippen LogP contribution < -0.4 is 4.74 Å². The predicted molar refractivity (Wildman–Crippen MR) is 93.3 cm³/mol. The van der Waals surface area contributed by atoms with Gasteiger partial charge in [0.15, 0.2) is 0 Å². The molecule has 1 aromatic carbocycles. The first-order chi connectivity index (χ1) is 10.4. The van der Waals surface area contributed by atoms with Crippen molar-refractivity contribution in [1.82, 2.24) is 4.90 Å². The van der Waals surface area contributed by atoms with E-state index in [0.29, 0.717) is 24.7 Å². The number of para-hydroxylation sites is 1. The summed E-state index contributed by atoms with van der Waals surface area (Å²) in [4.78, 5) is 14.8. The van der Waals surface area contributed by atoms with Crippen LogP contribution in [0.5, 0.6) is 5.75 Å². The molecule has 0 saturated carbocycles. The van der Waals surface area contributed by atoms with E-state index in [-0.39, 0.29) is 0 Å². The van der Waals surface area contributed by atoms with Gasteiger partial charge in [-0.2, -0.15) is 0 Å². The molecule has 122 valence electrons. The summed E-state index contributed by atoms with van der Waals surface area (Å²) in [6.45, 7) is 6.66. The number of carbonyl (C=O) groups excluding carboxylic acids is 1. The van der Waals surface area contributed by atoms with Gasteiger partial charge in [-0.3, -0.25) is 4.79 Å². The average Bonchev–Trinajstić information content (AvgIpc) is 2.89. The molecule has 2 rings (SSSR count).